The molecule has 0 saturated carbocycles. The lowest BCUT2D eigenvalue weighted by molar-refractivity contribution is 0.198. The minimum absolute atomic E-state index is 0. The van der Waals surface area contributed by atoms with E-state index in [9.17, 15) is 8.78 Å². The van der Waals surface area contributed by atoms with Gasteiger partial charge in [-0.25, -0.2) is 8.78 Å². The van der Waals surface area contributed by atoms with Crippen molar-refractivity contribution in [3.63, 3.8) is 0 Å². The lowest BCUT2D eigenvalue weighted by Crippen LogP contribution is -2.48. The Kier molecular flexibility index (Phi) is 10.5. The second-order valence-corrected chi connectivity index (χ2v) is 7.40. The molecular weight excluding hydrogens is 497 g/mol. The SMILES string of the molecule is CCNC(=NCCc1cccc(F)c1F)NC1CCN(Cc2ccccc2)CC1.I. The number of nitrogens with zero attached hydrogens (tertiary/aromatic N) is 2. The van der Waals surface area contributed by atoms with E-state index < -0.39 is 11.6 Å². The number of benzene rings is 2. The normalized spacial score (nSPS) is 15.5. The molecule has 1 heterocycles. The highest BCUT2D eigenvalue weighted by Gasteiger charge is 2.20. The molecular formula is C23H31F2IN4. The van der Waals surface area contributed by atoms with Crippen LogP contribution in [0.3, 0.4) is 0 Å². The molecule has 1 fully saturated rings. The molecule has 7 heteroatoms. The molecule has 1 saturated heterocycles. The number of halogens is 3. The minimum atomic E-state index is -0.807. The van der Waals surface area contributed by atoms with Gasteiger partial charge in [-0.1, -0.05) is 42.5 Å². The Hall–Kier alpha value is -1.74. The molecule has 2 N–H and O–H groups in total. The molecule has 0 bridgehead atoms. The van der Waals surface area contributed by atoms with Crippen molar-refractivity contribution in [3.8, 4) is 0 Å². The zero-order chi connectivity index (χ0) is 20.5. The van der Waals surface area contributed by atoms with E-state index in [2.05, 4.69) is 44.8 Å². The van der Waals surface area contributed by atoms with Gasteiger partial charge in [0.2, 0.25) is 0 Å². The predicted octanol–water partition coefficient (Wildman–Crippen LogP) is 4.35. The predicted molar refractivity (Wildman–Crippen MR) is 129 cm³/mol. The largest absolute Gasteiger partial charge is 0.357 e. The summed E-state index contributed by atoms with van der Waals surface area (Å²) < 4.78 is 27.1. The summed E-state index contributed by atoms with van der Waals surface area (Å²) in [5.74, 6) is -0.837. The van der Waals surface area contributed by atoms with Crippen molar-refractivity contribution in [1.29, 1.82) is 0 Å². The van der Waals surface area contributed by atoms with Gasteiger partial charge in [0, 0.05) is 38.8 Å². The van der Waals surface area contributed by atoms with Gasteiger partial charge in [0.05, 0.1) is 0 Å². The van der Waals surface area contributed by atoms with Crippen LogP contribution in [0.15, 0.2) is 53.5 Å². The van der Waals surface area contributed by atoms with E-state index >= 15 is 0 Å². The maximum atomic E-state index is 13.8. The first-order valence-electron chi connectivity index (χ1n) is 10.4. The van der Waals surface area contributed by atoms with Gasteiger partial charge in [-0.3, -0.25) is 9.89 Å². The highest BCUT2D eigenvalue weighted by Crippen LogP contribution is 2.14. The van der Waals surface area contributed by atoms with Gasteiger partial charge >= 0.3 is 0 Å². The van der Waals surface area contributed by atoms with Gasteiger partial charge in [-0.05, 0) is 43.4 Å². The van der Waals surface area contributed by atoms with Crippen LogP contribution in [-0.4, -0.2) is 43.1 Å². The summed E-state index contributed by atoms with van der Waals surface area (Å²) in [6.45, 7) is 6.25. The monoisotopic (exact) mass is 528 g/mol. The van der Waals surface area contributed by atoms with E-state index in [1.807, 2.05) is 13.0 Å². The van der Waals surface area contributed by atoms with Crippen LogP contribution in [0.1, 0.15) is 30.9 Å². The van der Waals surface area contributed by atoms with Crippen molar-refractivity contribution < 1.29 is 8.78 Å². The average molecular weight is 528 g/mol. The number of likely N-dealkylation sites (tertiary alicyclic amines) is 1. The summed E-state index contributed by atoms with van der Waals surface area (Å²) in [7, 11) is 0. The molecule has 0 atom stereocenters. The van der Waals surface area contributed by atoms with E-state index in [0.29, 0.717) is 24.6 Å². The second kappa shape index (κ2) is 12.8. The molecule has 4 nitrogen and oxygen atoms in total. The molecule has 0 spiro atoms. The molecule has 0 amide bonds. The number of guanidine groups is 1. The van der Waals surface area contributed by atoms with Gasteiger partial charge in [-0.2, -0.15) is 0 Å². The van der Waals surface area contributed by atoms with E-state index in [-0.39, 0.29) is 24.0 Å². The zero-order valence-electron chi connectivity index (χ0n) is 17.4. The number of aliphatic imine (C=N–C) groups is 1. The molecule has 0 aromatic heterocycles. The summed E-state index contributed by atoms with van der Waals surface area (Å²) in [5, 5.41) is 6.75. The van der Waals surface area contributed by atoms with Gasteiger partial charge in [0.25, 0.3) is 0 Å². The van der Waals surface area contributed by atoms with Crippen molar-refractivity contribution in [3.05, 3.63) is 71.3 Å². The number of piperidine rings is 1. The molecule has 30 heavy (non-hydrogen) atoms. The first kappa shape index (κ1) is 24.5. The summed E-state index contributed by atoms with van der Waals surface area (Å²) in [5.41, 5.74) is 1.71. The molecule has 0 radical (unpaired) electrons. The molecule has 0 unspecified atom stereocenters. The molecule has 1 aliphatic rings. The third-order valence-electron chi connectivity index (χ3n) is 5.20. The highest BCUT2D eigenvalue weighted by atomic mass is 127. The number of rotatable bonds is 7. The van der Waals surface area contributed by atoms with E-state index in [0.717, 1.165) is 51.0 Å². The van der Waals surface area contributed by atoms with Crippen LogP contribution in [0.5, 0.6) is 0 Å². The van der Waals surface area contributed by atoms with Crippen molar-refractivity contribution in [2.45, 2.75) is 38.8 Å². The minimum Gasteiger partial charge on any atom is -0.357 e. The number of hydrogen-bond acceptors (Lipinski definition) is 2. The van der Waals surface area contributed by atoms with Crippen molar-refractivity contribution >= 4 is 29.9 Å². The van der Waals surface area contributed by atoms with Crippen LogP contribution >= 0.6 is 24.0 Å². The maximum absolute atomic E-state index is 13.8. The average Bonchev–Trinajstić information content (AvgIpc) is 2.73. The van der Waals surface area contributed by atoms with Crippen molar-refractivity contribution in [2.75, 3.05) is 26.2 Å². The molecule has 2 aromatic rings. The number of nitrogens with one attached hydrogen (secondary N) is 2. The first-order chi connectivity index (χ1) is 14.2. The van der Waals surface area contributed by atoms with Crippen LogP contribution in [0.4, 0.5) is 8.78 Å². The van der Waals surface area contributed by atoms with Crippen LogP contribution < -0.4 is 10.6 Å². The molecule has 164 valence electrons. The number of hydrogen-bond donors (Lipinski definition) is 2. The van der Waals surface area contributed by atoms with E-state index in [4.69, 9.17) is 0 Å². The summed E-state index contributed by atoms with van der Waals surface area (Å²) >= 11 is 0. The quantitative estimate of drug-likeness (QED) is 0.319. The first-order valence-corrected chi connectivity index (χ1v) is 10.4. The fourth-order valence-electron chi connectivity index (χ4n) is 3.62. The Labute approximate surface area is 195 Å². The standard InChI is InChI=1S/C23H30F2N4.HI/c1-2-26-23(27-14-11-19-9-6-10-21(24)22(19)25)28-20-12-15-29(16-13-20)17-18-7-4-3-5-8-18;/h3-10,20H,2,11-17H2,1H3,(H2,26,27,28);1H. The molecule has 1 aliphatic heterocycles. The van der Waals surface area contributed by atoms with Crippen LogP contribution in [-0.2, 0) is 13.0 Å². The molecule has 0 aliphatic carbocycles. The topological polar surface area (TPSA) is 39.7 Å². The molecule has 2 aromatic carbocycles. The summed E-state index contributed by atoms with van der Waals surface area (Å²) in [6, 6.07) is 15.2. The van der Waals surface area contributed by atoms with Crippen molar-refractivity contribution in [1.82, 2.24) is 15.5 Å². The van der Waals surface area contributed by atoms with Gasteiger partial charge in [-0.15, -0.1) is 24.0 Å². The summed E-state index contributed by atoms with van der Waals surface area (Å²) in [6.07, 6.45) is 2.47. The Balaban J connectivity index is 0.00000320. The Morgan fingerprint density at radius 3 is 2.50 bits per heavy atom. The highest BCUT2D eigenvalue weighted by molar-refractivity contribution is 14.0. The molecule has 3 rings (SSSR count). The zero-order valence-corrected chi connectivity index (χ0v) is 19.7. The lowest BCUT2D eigenvalue weighted by atomic mass is 10.0. The Bertz CT molecular complexity index is 793. The van der Waals surface area contributed by atoms with Gasteiger partial charge < -0.3 is 10.6 Å². The second-order valence-electron chi connectivity index (χ2n) is 7.40. The fourth-order valence-corrected chi connectivity index (χ4v) is 3.62. The Morgan fingerprint density at radius 1 is 1.07 bits per heavy atom. The summed E-state index contributed by atoms with van der Waals surface area (Å²) in [4.78, 5) is 7.03. The van der Waals surface area contributed by atoms with Crippen LogP contribution in [0, 0.1) is 11.6 Å². The van der Waals surface area contributed by atoms with Crippen LogP contribution in [0.2, 0.25) is 0 Å². The third kappa shape index (κ3) is 7.50. The Morgan fingerprint density at radius 2 is 1.80 bits per heavy atom. The van der Waals surface area contributed by atoms with E-state index in [1.54, 1.807) is 6.07 Å². The van der Waals surface area contributed by atoms with Crippen molar-refractivity contribution in [2.24, 2.45) is 4.99 Å². The van der Waals surface area contributed by atoms with Crippen LogP contribution in [0.25, 0.3) is 0 Å². The van der Waals surface area contributed by atoms with Gasteiger partial charge in [0.1, 0.15) is 0 Å². The lowest BCUT2D eigenvalue weighted by Gasteiger charge is -2.33. The maximum Gasteiger partial charge on any atom is 0.191 e. The fraction of sp³-hybridized carbons (Fsp3) is 0.435. The van der Waals surface area contributed by atoms with Gasteiger partial charge in [0.15, 0.2) is 17.6 Å². The smallest absolute Gasteiger partial charge is 0.191 e. The van der Waals surface area contributed by atoms with E-state index in [1.165, 1.54) is 11.6 Å². The third-order valence-corrected chi connectivity index (χ3v) is 5.20.